The number of hydrogen-bond acceptors (Lipinski definition) is 10. The number of rotatable bonds is 16. The summed E-state index contributed by atoms with van der Waals surface area (Å²) < 4.78 is 44.1. The lowest BCUT2D eigenvalue weighted by molar-refractivity contribution is -0.873. The SMILES string of the molecule is CCCC1O[C@@H]2C[C@H]3[C@@H]4CCC5=CC(=O)C=C[C@]5(C)[C@H]4[C@@H](O)C[C@]3(C)[C@]2(C(=O)COP(=O)(O)OC(CCNC(=O)COC2C#CCCCCC2)C[N+](C)(C)C)O1. The molecule has 0 bridgehead atoms. The molecule has 0 radical (unpaired) electrons. The van der Waals surface area contributed by atoms with E-state index in [1.807, 2.05) is 41.1 Å². The summed E-state index contributed by atoms with van der Waals surface area (Å²) in [5, 5.41) is 14.8. The van der Waals surface area contributed by atoms with E-state index >= 15 is 0 Å². The van der Waals surface area contributed by atoms with E-state index in [-0.39, 0.29) is 61.5 Å². The summed E-state index contributed by atoms with van der Waals surface area (Å²) in [4.78, 5) is 50.6. The molecule has 12 atom stereocenters. The summed E-state index contributed by atoms with van der Waals surface area (Å²) in [6.45, 7) is 5.72. The van der Waals surface area contributed by atoms with Crippen LogP contribution in [0.25, 0.3) is 0 Å². The summed E-state index contributed by atoms with van der Waals surface area (Å²) in [5.74, 6) is 5.17. The number of fused-ring (bicyclic) bond motifs is 7. The second kappa shape index (κ2) is 17.2. The van der Waals surface area contributed by atoms with Gasteiger partial charge in [0, 0.05) is 29.7 Å². The molecule has 5 aliphatic carbocycles. The van der Waals surface area contributed by atoms with Gasteiger partial charge in [-0.05, 0) is 81.8 Å². The first-order valence-corrected chi connectivity index (χ1v) is 22.2. The Morgan fingerprint density at radius 2 is 1.95 bits per heavy atom. The Labute approximate surface area is 332 Å². The van der Waals surface area contributed by atoms with Crippen LogP contribution in [0.5, 0.6) is 0 Å². The molecule has 4 unspecified atom stereocenters. The molecule has 0 aromatic rings. The van der Waals surface area contributed by atoms with Crippen molar-refractivity contribution in [1.82, 2.24) is 5.32 Å². The number of allylic oxidation sites excluding steroid dienone is 4. The molecule has 0 aromatic heterocycles. The largest absolute Gasteiger partial charge is 0.473 e. The highest BCUT2D eigenvalue weighted by molar-refractivity contribution is 7.47. The minimum absolute atomic E-state index is 0.0301. The lowest BCUT2D eigenvalue weighted by Crippen LogP contribution is -2.63. The van der Waals surface area contributed by atoms with E-state index in [1.165, 1.54) is 0 Å². The van der Waals surface area contributed by atoms with Gasteiger partial charge < -0.3 is 34.0 Å². The maximum absolute atomic E-state index is 14.6. The Bertz CT molecular complexity index is 1660. The van der Waals surface area contributed by atoms with Crippen molar-refractivity contribution in [3.63, 3.8) is 0 Å². The number of quaternary nitrogens is 1. The average molecular weight is 804 g/mol. The third-order valence-corrected chi connectivity index (χ3v) is 14.4. The molecular weight excluding hydrogens is 739 g/mol. The van der Waals surface area contributed by atoms with Crippen LogP contribution in [0, 0.1) is 40.4 Å². The van der Waals surface area contributed by atoms with Crippen molar-refractivity contribution in [2.45, 2.75) is 134 Å². The molecular formula is C42H64N2O11P+. The van der Waals surface area contributed by atoms with Crippen LogP contribution in [0.4, 0.5) is 0 Å². The Morgan fingerprint density at radius 3 is 2.70 bits per heavy atom. The number of likely N-dealkylation sites (N-methyl/N-ethyl adjacent to an activating group) is 1. The number of hydrogen-bond donors (Lipinski definition) is 3. The molecule has 56 heavy (non-hydrogen) atoms. The number of phosphoric ester groups is 1. The molecule has 1 saturated heterocycles. The van der Waals surface area contributed by atoms with Crippen molar-refractivity contribution in [3.8, 4) is 11.8 Å². The van der Waals surface area contributed by atoms with E-state index in [1.54, 1.807) is 12.2 Å². The van der Waals surface area contributed by atoms with Gasteiger partial charge in [0.2, 0.25) is 5.91 Å². The van der Waals surface area contributed by atoms with Crippen LogP contribution in [0.1, 0.15) is 97.8 Å². The normalized spacial score (nSPS) is 38.0. The number of nitrogens with zero attached hydrogens (tertiary/aromatic N) is 1. The van der Waals surface area contributed by atoms with E-state index in [9.17, 15) is 28.9 Å². The lowest BCUT2D eigenvalue weighted by Gasteiger charge is -2.59. The molecule has 4 fully saturated rings. The maximum atomic E-state index is 14.6. The van der Waals surface area contributed by atoms with E-state index < -0.39 is 61.2 Å². The molecule has 1 aliphatic heterocycles. The van der Waals surface area contributed by atoms with Gasteiger partial charge in [-0.1, -0.05) is 51.2 Å². The lowest BCUT2D eigenvalue weighted by atomic mass is 9.46. The predicted octanol–water partition coefficient (Wildman–Crippen LogP) is 4.79. The first-order chi connectivity index (χ1) is 26.4. The molecule has 14 heteroatoms. The average Bonchev–Trinajstić information content (AvgIpc) is 3.58. The van der Waals surface area contributed by atoms with Crippen LogP contribution in [0.15, 0.2) is 23.8 Å². The van der Waals surface area contributed by atoms with Gasteiger partial charge in [0.1, 0.15) is 32.0 Å². The number of phosphoric acid groups is 1. The zero-order chi connectivity index (χ0) is 40.5. The standard InChI is InChI=1S/C42H63N2O11P/c1-7-13-38-53-36-23-33-32-17-16-28-22-29(45)18-20-40(28,2)39(32)34(46)24-41(33,3)42(36,54-38)35(47)26-52-56(49,50)55-31(25-44(4,5)6)19-21-43-37(48)27-51-30-14-11-9-8-10-12-15-30/h18,20,22,30-34,36,38-39,46H,7-11,13-14,16-17,19,21,23-27H2,1-6H3,(H-,43,48,49,50)/p+1/t30?,31?,32-,33-,34-,36+,38?,39+,40-,41-,42+/m0/s1. The van der Waals surface area contributed by atoms with Gasteiger partial charge in [-0.15, -0.1) is 5.92 Å². The Hall–Kier alpha value is -2.24. The topological polar surface area (TPSA) is 167 Å². The molecule has 13 nitrogen and oxygen atoms in total. The predicted molar refractivity (Wildman–Crippen MR) is 208 cm³/mol. The second-order valence-corrected chi connectivity index (χ2v) is 19.8. The highest BCUT2D eigenvalue weighted by atomic mass is 31.2. The van der Waals surface area contributed by atoms with Crippen molar-refractivity contribution in [3.05, 3.63) is 23.8 Å². The molecule has 6 rings (SSSR count). The summed E-state index contributed by atoms with van der Waals surface area (Å²) in [6.07, 6.45) is 10.8. The van der Waals surface area contributed by atoms with Gasteiger partial charge in [0.25, 0.3) is 0 Å². The highest BCUT2D eigenvalue weighted by Crippen LogP contribution is 2.70. The smallest absolute Gasteiger partial charge is 0.393 e. The fourth-order valence-corrected chi connectivity index (χ4v) is 11.9. The molecule has 0 aromatic carbocycles. The second-order valence-electron chi connectivity index (χ2n) is 18.4. The molecule has 1 heterocycles. The highest BCUT2D eigenvalue weighted by Gasteiger charge is 2.75. The van der Waals surface area contributed by atoms with Crippen LogP contribution in [0.3, 0.4) is 0 Å². The number of carbonyl (C=O) groups is 3. The third kappa shape index (κ3) is 9.00. The molecule has 0 spiro atoms. The van der Waals surface area contributed by atoms with Crippen LogP contribution in [-0.2, 0) is 42.2 Å². The van der Waals surface area contributed by atoms with Gasteiger partial charge in [0.15, 0.2) is 23.5 Å². The van der Waals surface area contributed by atoms with E-state index in [4.69, 9.17) is 23.3 Å². The fourth-order valence-electron chi connectivity index (χ4n) is 11.0. The number of nitrogens with one attached hydrogen (secondary N) is 1. The number of carbonyl (C=O) groups excluding carboxylic acids is 3. The first-order valence-electron chi connectivity index (χ1n) is 20.7. The summed E-state index contributed by atoms with van der Waals surface area (Å²) in [5.41, 5.74) is -1.81. The molecule has 3 saturated carbocycles. The summed E-state index contributed by atoms with van der Waals surface area (Å²) in [7, 11) is 0.965. The van der Waals surface area contributed by atoms with Crippen molar-refractivity contribution in [1.29, 1.82) is 0 Å². The van der Waals surface area contributed by atoms with Gasteiger partial charge in [-0.2, -0.15) is 0 Å². The van der Waals surface area contributed by atoms with Crippen LogP contribution in [0.2, 0.25) is 0 Å². The van der Waals surface area contributed by atoms with Crippen molar-refractivity contribution < 1.29 is 56.7 Å². The van der Waals surface area contributed by atoms with Gasteiger partial charge in [-0.25, -0.2) is 4.57 Å². The number of ketones is 2. The van der Waals surface area contributed by atoms with Gasteiger partial charge in [0.05, 0.1) is 33.4 Å². The number of Topliss-reactive ketones (excluding diaryl/α,β-unsaturated/α-hetero) is 1. The number of aliphatic hydroxyl groups is 1. The Kier molecular flexibility index (Phi) is 13.3. The molecule has 1 amide bonds. The minimum Gasteiger partial charge on any atom is -0.393 e. The van der Waals surface area contributed by atoms with Gasteiger partial charge in [-0.3, -0.25) is 23.4 Å². The summed E-state index contributed by atoms with van der Waals surface area (Å²) >= 11 is 0. The third-order valence-electron chi connectivity index (χ3n) is 13.4. The van der Waals surface area contributed by atoms with E-state index in [2.05, 4.69) is 24.1 Å². The minimum atomic E-state index is -4.79. The first kappa shape index (κ1) is 43.3. The summed E-state index contributed by atoms with van der Waals surface area (Å²) in [6, 6.07) is 0. The van der Waals surface area contributed by atoms with Crippen LogP contribution < -0.4 is 5.32 Å². The zero-order valence-corrected chi connectivity index (χ0v) is 35.0. The molecule has 312 valence electrons. The van der Waals surface area contributed by atoms with Crippen LogP contribution in [-0.4, -0.2) is 116 Å². The fraction of sp³-hybridized carbons (Fsp3) is 0.786. The van der Waals surface area contributed by atoms with Crippen molar-refractivity contribution in [2.24, 2.45) is 28.6 Å². The Morgan fingerprint density at radius 1 is 1.16 bits per heavy atom. The number of ether oxygens (including phenoxy) is 3. The molecule has 3 N–H and O–H groups in total. The van der Waals surface area contributed by atoms with Crippen molar-refractivity contribution >= 4 is 25.3 Å². The monoisotopic (exact) mass is 803 g/mol. The van der Waals surface area contributed by atoms with E-state index in [0.29, 0.717) is 30.3 Å². The number of amides is 1. The molecule has 6 aliphatic rings. The van der Waals surface area contributed by atoms with E-state index in [0.717, 1.165) is 50.5 Å². The van der Waals surface area contributed by atoms with Crippen LogP contribution >= 0.6 is 7.82 Å². The zero-order valence-electron chi connectivity index (χ0n) is 34.1. The number of aliphatic hydroxyl groups excluding tert-OH is 1. The van der Waals surface area contributed by atoms with Gasteiger partial charge >= 0.3 is 7.82 Å². The van der Waals surface area contributed by atoms with Crippen molar-refractivity contribution in [2.75, 3.05) is 47.4 Å². The maximum Gasteiger partial charge on any atom is 0.473 e. The quantitative estimate of drug-likeness (QED) is 0.112. The Balaban J connectivity index is 1.12.